The molecule has 0 radical (unpaired) electrons. The Labute approximate surface area is 362 Å². The first-order valence-corrected chi connectivity index (χ1v) is 24.5. The van der Waals surface area contributed by atoms with Gasteiger partial charge in [0.15, 0.2) is 5.60 Å². The van der Waals surface area contributed by atoms with Crippen molar-refractivity contribution in [3.63, 3.8) is 0 Å². The summed E-state index contributed by atoms with van der Waals surface area (Å²) in [5, 5.41) is 22.6. The zero-order valence-electron chi connectivity index (χ0n) is 35.3. The van der Waals surface area contributed by atoms with Gasteiger partial charge >= 0.3 is 0 Å². The second kappa shape index (κ2) is 15.5. The molecule has 312 valence electrons. The Kier molecular flexibility index (Phi) is 9.93. The molecule has 4 heterocycles. The van der Waals surface area contributed by atoms with E-state index < -0.39 is 13.7 Å². The summed E-state index contributed by atoms with van der Waals surface area (Å²) in [7, 11) is -0.697. The van der Waals surface area contributed by atoms with Crippen LogP contribution in [0.25, 0.3) is 10.8 Å². The maximum absolute atomic E-state index is 15.4. The number of benzene rings is 6. The van der Waals surface area contributed by atoms with Crippen molar-refractivity contribution in [1.82, 2.24) is 15.0 Å². The molecule has 1 saturated heterocycles. The third-order valence-electron chi connectivity index (χ3n) is 13.8. The fraction of sp³-hybridized carbons (Fsp3) is 0.255. The standard InChI is InChI=1S/C51H49N5O5Si/c1-33-48(62(3,4)39-26-24-38(60-2)25-27-39)46(28-29-54-31-43(52-53-54)41(32-57)35-12-6-5-7-13-35)61-51(33)42-17-8-9-18-44(42)55(50(51)59)30-34-20-22-37(23-21-34)56-45-19-11-15-36-14-10-16-40(47(36)45)49(56)58/h5-27,31,33,41,46,48,57H,28-30,32H2,1-4H3/t33-,41?,46+,48-,51+/m0/s1. The molecule has 1 fully saturated rings. The van der Waals surface area contributed by atoms with E-state index in [9.17, 15) is 9.90 Å². The van der Waals surface area contributed by atoms with E-state index in [0.29, 0.717) is 30.8 Å². The van der Waals surface area contributed by atoms with Crippen molar-refractivity contribution in [2.45, 2.75) is 62.7 Å². The molecule has 62 heavy (non-hydrogen) atoms. The van der Waals surface area contributed by atoms with Crippen LogP contribution in [-0.4, -0.2) is 59.8 Å². The zero-order valence-corrected chi connectivity index (χ0v) is 36.3. The number of aryl methyl sites for hydroxylation is 1. The maximum atomic E-state index is 15.4. The van der Waals surface area contributed by atoms with Crippen molar-refractivity contribution >= 4 is 52.9 Å². The van der Waals surface area contributed by atoms with E-state index in [1.807, 2.05) is 137 Å². The Morgan fingerprint density at radius 1 is 0.839 bits per heavy atom. The van der Waals surface area contributed by atoms with Crippen LogP contribution in [-0.2, 0) is 28.2 Å². The van der Waals surface area contributed by atoms with Crippen LogP contribution in [0.4, 0.5) is 17.1 Å². The number of fused-ring (bicyclic) bond motifs is 2. The number of hydrogen-bond acceptors (Lipinski definition) is 7. The van der Waals surface area contributed by atoms with Gasteiger partial charge in [-0.05, 0) is 70.9 Å². The molecule has 2 amide bonds. The van der Waals surface area contributed by atoms with E-state index in [1.165, 1.54) is 5.19 Å². The summed E-state index contributed by atoms with van der Waals surface area (Å²) in [6.07, 6.45) is 2.27. The summed E-state index contributed by atoms with van der Waals surface area (Å²) in [5.41, 5.74) is 5.60. The molecule has 1 unspecified atom stereocenters. The summed E-state index contributed by atoms with van der Waals surface area (Å²) in [6.45, 7) is 7.78. The number of carbonyl (C=O) groups is 2. The van der Waals surface area contributed by atoms with Crippen LogP contribution < -0.4 is 19.7 Å². The van der Waals surface area contributed by atoms with Crippen LogP contribution >= 0.6 is 0 Å². The summed E-state index contributed by atoms with van der Waals surface area (Å²) in [4.78, 5) is 32.8. The molecule has 10 rings (SSSR count). The number of aliphatic hydroxyl groups excluding tert-OH is 1. The smallest absolute Gasteiger partial charge is 0.264 e. The third-order valence-corrected chi connectivity index (χ3v) is 18.1. The van der Waals surface area contributed by atoms with Crippen molar-refractivity contribution in [3.8, 4) is 5.75 Å². The van der Waals surface area contributed by atoms with E-state index in [-0.39, 0.29) is 41.9 Å². The molecule has 0 bridgehead atoms. The van der Waals surface area contributed by atoms with E-state index in [2.05, 4.69) is 48.5 Å². The monoisotopic (exact) mass is 839 g/mol. The predicted octanol–water partition coefficient (Wildman–Crippen LogP) is 8.71. The topological polar surface area (TPSA) is 110 Å². The van der Waals surface area contributed by atoms with Gasteiger partial charge in [0.2, 0.25) is 0 Å². The van der Waals surface area contributed by atoms with Gasteiger partial charge in [-0.2, -0.15) is 0 Å². The van der Waals surface area contributed by atoms with Crippen LogP contribution in [0.2, 0.25) is 18.6 Å². The van der Waals surface area contributed by atoms with Gasteiger partial charge in [-0.1, -0.05) is 127 Å². The molecule has 11 heteroatoms. The number of aliphatic hydroxyl groups is 1. The Bertz CT molecular complexity index is 2810. The fourth-order valence-corrected chi connectivity index (χ4v) is 14.8. The molecule has 5 atom stereocenters. The van der Waals surface area contributed by atoms with Gasteiger partial charge in [-0.15, -0.1) is 5.10 Å². The van der Waals surface area contributed by atoms with Crippen molar-refractivity contribution < 1.29 is 24.2 Å². The van der Waals surface area contributed by atoms with Gasteiger partial charge in [0, 0.05) is 35.3 Å². The molecular formula is C51H49N5O5Si. The highest BCUT2D eigenvalue weighted by atomic mass is 28.3. The number of amides is 2. The number of rotatable bonds is 12. The predicted molar refractivity (Wildman–Crippen MR) is 244 cm³/mol. The first-order chi connectivity index (χ1) is 30.1. The molecule has 1 N–H and O–H groups in total. The average Bonchev–Trinajstić information content (AvgIpc) is 4.03. The lowest BCUT2D eigenvalue weighted by atomic mass is 9.82. The molecule has 3 aliphatic heterocycles. The molecule has 10 nitrogen and oxygen atoms in total. The number of aromatic nitrogens is 3. The lowest BCUT2D eigenvalue weighted by Crippen LogP contribution is -2.51. The van der Waals surface area contributed by atoms with Gasteiger partial charge in [0.25, 0.3) is 11.8 Å². The number of carbonyl (C=O) groups excluding carboxylic acids is 2. The summed E-state index contributed by atoms with van der Waals surface area (Å²) in [5.74, 6) is 0.258. The van der Waals surface area contributed by atoms with Crippen LogP contribution in [0.1, 0.15) is 52.0 Å². The van der Waals surface area contributed by atoms with Gasteiger partial charge in [0.1, 0.15) is 5.75 Å². The molecule has 3 aliphatic rings. The summed E-state index contributed by atoms with van der Waals surface area (Å²) >= 11 is 0. The van der Waals surface area contributed by atoms with E-state index in [4.69, 9.17) is 9.47 Å². The highest BCUT2D eigenvalue weighted by molar-refractivity contribution is 6.91. The quantitative estimate of drug-likeness (QED) is 0.123. The number of methoxy groups -OCH3 is 1. The molecule has 0 saturated carbocycles. The highest BCUT2D eigenvalue weighted by Gasteiger charge is 2.66. The number of anilines is 3. The molecular weight excluding hydrogens is 791 g/mol. The normalized spacial score (nSPS) is 21.0. The van der Waals surface area contributed by atoms with Crippen molar-refractivity contribution in [2.75, 3.05) is 23.5 Å². The first kappa shape index (κ1) is 39.7. The maximum Gasteiger partial charge on any atom is 0.264 e. The Hall–Kier alpha value is -6.40. The largest absolute Gasteiger partial charge is 0.497 e. The summed E-state index contributed by atoms with van der Waals surface area (Å²) in [6, 6.07) is 46.2. The molecule has 7 aromatic rings. The van der Waals surface area contributed by atoms with Gasteiger partial charge in [-0.25, -0.2) is 0 Å². The third kappa shape index (κ3) is 6.28. The average molecular weight is 840 g/mol. The molecule has 1 spiro atoms. The van der Waals surface area contributed by atoms with E-state index >= 15 is 4.79 Å². The van der Waals surface area contributed by atoms with Gasteiger partial charge in [0.05, 0.1) is 63.0 Å². The SMILES string of the molecule is COc1ccc([Si](C)(C)[C@@H]2[C@@H](CCn3cc(C(CO)c4ccccc4)nn3)O[C@]3(C(=O)N(Cc4ccc(N5C(=O)c6cccc7cccc5c67)cc4)c4ccccc43)[C@H]2C)cc1. The number of nitrogens with zero attached hydrogens (tertiary/aromatic N) is 5. The number of ether oxygens (including phenoxy) is 2. The second-order valence-electron chi connectivity index (χ2n) is 17.4. The minimum Gasteiger partial charge on any atom is -0.497 e. The first-order valence-electron chi connectivity index (χ1n) is 21.4. The van der Waals surface area contributed by atoms with Gasteiger partial charge in [-0.3, -0.25) is 19.2 Å². The van der Waals surface area contributed by atoms with Crippen molar-refractivity contribution in [2.24, 2.45) is 5.92 Å². The minimum absolute atomic E-state index is 0.0430. The van der Waals surface area contributed by atoms with Crippen LogP contribution in [0.5, 0.6) is 5.75 Å². The summed E-state index contributed by atoms with van der Waals surface area (Å²) < 4.78 is 14.8. The molecule has 6 aromatic carbocycles. The van der Waals surface area contributed by atoms with Crippen LogP contribution in [0.3, 0.4) is 0 Å². The number of hydrogen-bond donors (Lipinski definition) is 1. The zero-order chi connectivity index (χ0) is 42.8. The Balaban J connectivity index is 0.959. The Morgan fingerprint density at radius 3 is 2.29 bits per heavy atom. The van der Waals surface area contributed by atoms with E-state index in [1.54, 1.807) is 12.0 Å². The van der Waals surface area contributed by atoms with Crippen molar-refractivity contribution in [1.29, 1.82) is 0 Å². The lowest BCUT2D eigenvalue weighted by Gasteiger charge is -2.37. The lowest BCUT2D eigenvalue weighted by molar-refractivity contribution is -0.146. The molecule has 1 aromatic heterocycles. The molecule has 0 aliphatic carbocycles. The van der Waals surface area contributed by atoms with Crippen molar-refractivity contribution in [3.05, 3.63) is 174 Å². The van der Waals surface area contributed by atoms with E-state index in [0.717, 1.165) is 50.3 Å². The number of para-hydroxylation sites is 1. The van der Waals surface area contributed by atoms with Crippen LogP contribution in [0, 0.1) is 5.92 Å². The fourth-order valence-electron chi connectivity index (χ4n) is 10.7. The van der Waals surface area contributed by atoms with Gasteiger partial charge < -0.3 is 19.5 Å². The van der Waals surface area contributed by atoms with Crippen LogP contribution in [0.15, 0.2) is 146 Å². The second-order valence-corrected chi connectivity index (χ2v) is 22.1. The Morgan fingerprint density at radius 2 is 1.55 bits per heavy atom. The highest BCUT2D eigenvalue weighted by Crippen LogP contribution is 2.60. The minimum atomic E-state index is -2.38.